The van der Waals surface area contributed by atoms with Crippen LogP contribution < -0.4 is 0 Å². The van der Waals surface area contributed by atoms with Gasteiger partial charge in [-0.2, -0.15) is 0 Å². The van der Waals surface area contributed by atoms with Gasteiger partial charge in [-0.1, -0.05) is 5.21 Å². The van der Waals surface area contributed by atoms with Gasteiger partial charge in [0.1, 0.15) is 5.69 Å². The van der Waals surface area contributed by atoms with Crippen LogP contribution in [0.15, 0.2) is 21.2 Å². The summed E-state index contributed by atoms with van der Waals surface area (Å²) in [6.45, 7) is 0.355. The molecule has 8 heteroatoms. The van der Waals surface area contributed by atoms with Crippen LogP contribution in [0.2, 0.25) is 0 Å². The van der Waals surface area contributed by atoms with E-state index in [2.05, 4.69) is 26.2 Å². The monoisotopic (exact) mass is 315 g/mol. The number of nitrogens with zero attached hydrogens (tertiary/aromatic N) is 3. The van der Waals surface area contributed by atoms with Crippen molar-refractivity contribution in [2.24, 2.45) is 0 Å². The second-order valence-corrected chi connectivity index (χ2v) is 4.28. The lowest BCUT2D eigenvalue weighted by atomic mass is 10.2. The van der Waals surface area contributed by atoms with E-state index in [0.29, 0.717) is 29.1 Å². The Morgan fingerprint density at radius 2 is 2.28 bits per heavy atom. The maximum atomic E-state index is 11.1. The number of aryl methyl sites for hydroxylation is 1. The van der Waals surface area contributed by atoms with Gasteiger partial charge in [-0.3, -0.25) is 0 Å². The first kappa shape index (κ1) is 12.8. The minimum absolute atomic E-state index is 0.0104. The number of halogens is 1. The van der Waals surface area contributed by atoms with Crippen molar-refractivity contribution < 1.29 is 19.4 Å². The second kappa shape index (κ2) is 5.32. The predicted octanol–water partition coefficient (Wildman–Crippen LogP) is 1.38. The Morgan fingerprint density at radius 1 is 1.50 bits per heavy atom. The molecule has 0 amide bonds. The lowest BCUT2D eigenvalue weighted by Crippen LogP contribution is -2.05. The van der Waals surface area contributed by atoms with E-state index in [0.717, 1.165) is 0 Å². The summed E-state index contributed by atoms with van der Waals surface area (Å²) < 4.78 is 7.23. The highest BCUT2D eigenvalue weighted by Gasteiger charge is 2.22. The number of carbonyl (C=O) groups is 1. The summed E-state index contributed by atoms with van der Waals surface area (Å²) in [6.07, 6.45) is 0.456. The van der Waals surface area contributed by atoms with Crippen molar-refractivity contribution in [2.45, 2.75) is 13.0 Å². The van der Waals surface area contributed by atoms with Crippen molar-refractivity contribution in [3.05, 3.63) is 22.5 Å². The zero-order valence-corrected chi connectivity index (χ0v) is 10.8. The Balaban J connectivity index is 2.46. The summed E-state index contributed by atoms with van der Waals surface area (Å²) in [5.41, 5.74) is 0.122. The van der Waals surface area contributed by atoms with Crippen molar-refractivity contribution in [1.82, 2.24) is 15.0 Å². The SMILES string of the molecule is O=C(O)c1nnn(CCCO)c1-c1ccc(Br)o1. The van der Waals surface area contributed by atoms with E-state index in [9.17, 15) is 4.79 Å². The molecule has 0 saturated carbocycles. The standard InChI is InChI=1S/C10H10BrN3O4/c11-7-3-2-6(18-7)9-8(10(16)17)12-13-14(9)4-1-5-15/h2-3,15H,1,4-5H2,(H,16,17). The number of aliphatic hydroxyl groups is 1. The van der Waals surface area contributed by atoms with Gasteiger partial charge >= 0.3 is 5.97 Å². The molecule has 2 heterocycles. The van der Waals surface area contributed by atoms with Crippen LogP contribution in [0.5, 0.6) is 0 Å². The number of aromatic nitrogens is 3. The Kier molecular flexibility index (Phi) is 3.78. The normalized spacial score (nSPS) is 10.8. The summed E-state index contributed by atoms with van der Waals surface area (Å²) in [6, 6.07) is 3.29. The molecule has 96 valence electrons. The molecule has 0 saturated heterocycles. The molecule has 2 rings (SSSR count). The second-order valence-electron chi connectivity index (χ2n) is 3.50. The zero-order chi connectivity index (χ0) is 13.1. The Morgan fingerprint density at radius 3 is 2.83 bits per heavy atom. The highest BCUT2D eigenvalue weighted by molar-refractivity contribution is 9.10. The molecule has 0 atom stereocenters. The summed E-state index contributed by atoms with van der Waals surface area (Å²) in [4.78, 5) is 11.1. The molecule has 18 heavy (non-hydrogen) atoms. The lowest BCUT2D eigenvalue weighted by Gasteiger charge is -2.03. The number of aromatic carboxylic acids is 1. The highest BCUT2D eigenvalue weighted by atomic mass is 79.9. The van der Waals surface area contributed by atoms with Crippen LogP contribution in [0.4, 0.5) is 0 Å². The summed E-state index contributed by atoms with van der Waals surface area (Å²) in [5, 5.41) is 25.2. The van der Waals surface area contributed by atoms with E-state index in [1.54, 1.807) is 12.1 Å². The molecule has 2 N–H and O–H groups in total. The molecule has 2 aromatic rings. The zero-order valence-electron chi connectivity index (χ0n) is 9.21. The fraction of sp³-hybridized carbons (Fsp3) is 0.300. The molecule has 0 fully saturated rings. The Bertz CT molecular complexity index is 563. The van der Waals surface area contributed by atoms with Gasteiger partial charge in [-0.15, -0.1) is 5.10 Å². The first-order chi connectivity index (χ1) is 8.63. The number of carboxylic acid groups (broad SMARTS) is 1. The molecular formula is C10H10BrN3O4. The van der Waals surface area contributed by atoms with E-state index in [4.69, 9.17) is 14.6 Å². The number of furan rings is 1. The average Bonchev–Trinajstić information content (AvgIpc) is 2.91. The molecule has 0 spiro atoms. The van der Waals surface area contributed by atoms with Crippen LogP contribution in [0.25, 0.3) is 11.5 Å². The summed E-state index contributed by atoms with van der Waals surface area (Å²) >= 11 is 3.15. The summed E-state index contributed by atoms with van der Waals surface area (Å²) in [5.74, 6) is -0.810. The van der Waals surface area contributed by atoms with Gasteiger partial charge in [0.15, 0.2) is 10.4 Å². The third kappa shape index (κ3) is 2.44. The van der Waals surface area contributed by atoms with E-state index in [1.807, 2.05) is 0 Å². The Labute approximate surface area is 110 Å². The molecule has 0 aromatic carbocycles. The number of aliphatic hydroxyl groups excluding tert-OH is 1. The third-order valence-corrected chi connectivity index (χ3v) is 2.70. The minimum atomic E-state index is -1.17. The predicted molar refractivity (Wildman–Crippen MR) is 64.1 cm³/mol. The number of hydrogen-bond donors (Lipinski definition) is 2. The summed E-state index contributed by atoms with van der Waals surface area (Å²) in [7, 11) is 0. The van der Waals surface area contributed by atoms with Gasteiger partial charge in [-0.05, 0) is 34.5 Å². The van der Waals surface area contributed by atoms with Crippen LogP contribution in [0, 0.1) is 0 Å². The van der Waals surface area contributed by atoms with Crippen molar-refractivity contribution in [2.75, 3.05) is 6.61 Å². The number of rotatable bonds is 5. The largest absolute Gasteiger partial charge is 0.476 e. The Hall–Kier alpha value is -1.67. The van der Waals surface area contributed by atoms with Crippen LogP contribution >= 0.6 is 15.9 Å². The smallest absolute Gasteiger partial charge is 0.358 e. The first-order valence-electron chi connectivity index (χ1n) is 5.17. The lowest BCUT2D eigenvalue weighted by molar-refractivity contribution is 0.0691. The van der Waals surface area contributed by atoms with Crippen molar-refractivity contribution >= 4 is 21.9 Å². The number of hydrogen-bond acceptors (Lipinski definition) is 5. The van der Waals surface area contributed by atoms with Gasteiger partial charge in [0.05, 0.1) is 0 Å². The molecule has 0 unspecified atom stereocenters. The van der Waals surface area contributed by atoms with Crippen LogP contribution in [-0.2, 0) is 6.54 Å². The minimum Gasteiger partial charge on any atom is -0.476 e. The fourth-order valence-corrected chi connectivity index (χ4v) is 1.83. The molecule has 0 aliphatic heterocycles. The van der Waals surface area contributed by atoms with Crippen LogP contribution in [0.3, 0.4) is 0 Å². The van der Waals surface area contributed by atoms with Gasteiger partial charge in [0.25, 0.3) is 0 Å². The van der Waals surface area contributed by atoms with E-state index in [1.165, 1.54) is 4.68 Å². The van der Waals surface area contributed by atoms with Crippen LogP contribution in [0.1, 0.15) is 16.9 Å². The maximum Gasteiger partial charge on any atom is 0.358 e. The fourth-order valence-electron chi connectivity index (χ4n) is 1.52. The number of carboxylic acids is 1. The first-order valence-corrected chi connectivity index (χ1v) is 5.96. The average molecular weight is 316 g/mol. The molecule has 2 aromatic heterocycles. The topological polar surface area (TPSA) is 101 Å². The van der Waals surface area contributed by atoms with E-state index in [-0.39, 0.29) is 12.3 Å². The van der Waals surface area contributed by atoms with Crippen LogP contribution in [-0.4, -0.2) is 37.8 Å². The van der Waals surface area contributed by atoms with Gasteiger partial charge in [-0.25, -0.2) is 9.48 Å². The van der Waals surface area contributed by atoms with E-state index < -0.39 is 5.97 Å². The third-order valence-electron chi connectivity index (χ3n) is 2.27. The molecule has 7 nitrogen and oxygen atoms in total. The van der Waals surface area contributed by atoms with Gasteiger partial charge in [0, 0.05) is 13.2 Å². The molecule has 0 aliphatic carbocycles. The van der Waals surface area contributed by atoms with E-state index >= 15 is 0 Å². The van der Waals surface area contributed by atoms with Crippen molar-refractivity contribution in [3.63, 3.8) is 0 Å². The van der Waals surface area contributed by atoms with Crippen molar-refractivity contribution in [1.29, 1.82) is 0 Å². The van der Waals surface area contributed by atoms with Gasteiger partial charge in [0.2, 0.25) is 5.69 Å². The molecular weight excluding hydrogens is 306 g/mol. The molecule has 0 radical (unpaired) electrons. The van der Waals surface area contributed by atoms with Gasteiger partial charge < -0.3 is 14.6 Å². The maximum absolute atomic E-state index is 11.1. The molecule has 0 bridgehead atoms. The quantitative estimate of drug-likeness (QED) is 0.864. The van der Waals surface area contributed by atoms with Crippen molar-refractivity contribution in [3.8, 4) is 11.5 Å². The highest BCUT2D eigenvalue weighted by Crippen LogP contribution is 2.27. The molecule has 0 aliphatic rings.